The van der Waals surface area contributed by atoms with Crippen LogP contribution in [0.1, 0.15) is 17.3 Å². The first kappa shape index (κ1) is 13.2. The lowest BCUT2D eigenvalue weighted by Gasteiger charge is -2.11. The van der Waals surface area contributed by atoms with Gasteiger partial charge in [0.15, 0.2) is 11.6 Å². The van der Waals surface area contributed by atoms with E-state index >= 15 is 0 Å². The normalized spacial score (nSPS) is 10.7. The molecular weight excluding hydrogens is 256 g/mol. The maximum Gasteiger partial charge on any atom is 0.343 e. The second kappa shape index (κ2) is 4.79. The van der Waals surface area contributed by atoms with E-state index in [9.17, 15) is 18.4 Å². The van der Waals surface area contributed by atoms with Gasteiger partial charge in [-0.2, -0.15) is 0 Å². The molecule has 2 rings (SSSR count). The number of pyridine rings is 1. The molecule has 2 aromatic rings. The Labute approximate surface area is 107 Å². The minimum atomic E-state index is -1.10. The van der Waals surface area contributed by atoms with Gasteiger partial charge in [-0.25, -0.2) is 13.6 Å². The zero-order valence-corrected chi connectivity index (χ0v) is 10.4. The van der Waals surface area contributed by atoms with Crippen LogP contribution < -0.4 is 5.43 Å². The van der Waals surface area contributed by atoms with Crippen molar-refractivity contribution >= 4 is 16.9 Å². The van der Waals surface area contributed by atoms with Gasteiger partial charge in [0, 0.05) is 18.1 Å². The predicted octanol–water partition coefficient (Wildman–Crippen LogP) is 2.09. The number of methoxy groups -OCH3 is 1. The van der Waals surface area contributed by atoms with E-state index in [0.717, 1.165) is 19.2 Å². The molecule has 1 heterocycles. The van der Waals surface area contributed by atoms with E-state index in [1.165, 1.54) is 10.8 Å². The fourth-order valence-electron chi connectivity index (χ4n) is 1.93. The van der Waals surface area contributed by atoms with Gasteiger partial charge in [0.2, 0.25) is 5.43 Å². The molecular formula is C13H11F2NO3. The third-order valence-corrected chi connectivity index (χ3v) is 2.88. The van der Waals surface area contributed by atoms with Crippen molar-refractivity contribution in [1.29, 1.82) is 0 Å². The maximum absolute atomic E-state index is 13.8. The van der Waals surface area contributed by atoms with Crippen LogP contribution in [-0.4, -0.2) is 17.6 Å². The summed E-state index contributed by atoms with van der Waals surface area (Å²) in [5.74, 6) is -2.95. The van der Waals surface area contributed by atoms with Gasteiger partial charge >= 0.3 is 5.97 Å². The summed E-state index contributed by atoms with van der Waals surface area (Å²) in [5.41, 5.74) is -1.03. The summed E-state index contributed by atoms with van der Waals surface area (Å²) in [7, 11) is 1.15. The number of rotatable bonds is 2. The Morgan fingerprint density at radius 3 is 2.63 bits per heavy atom. The van der Waals surface area contributed by atoms with Crippen molar-refractivity contribution in [2.24, 2.45) is 0 Å². The SMILES string of the molecule is CCn1cc(C(=O)OC)c(=O)c2ccc(F)c(F)c21. The number of halogens is 2. The minimum absolute atomic E-state index is 0.0522. The van der Waals surface area contributed by atoms with E-state index in [1.54, 1.807) is 6.92 Å². The summed E-state index contributed by atoms with van der Waals surface area (Å²) in [6.07, 6.45) is 1.18. The van der Waals surface area contributed by atoms with E-state index in [2.05, 4.69) is 4.74 Å². The first-order valence-corrected chi connectivity index (χ1v) is 5.60. The molecule has 0 spiro atoms. The summed E-state index contributed by atoms with van der Waals surface area (Å²) in [5, 5.41) is -0.0522. The average Bonchev–Trinajstić information content (AvgIpc) is 2.42. The number of ether oxygens (including phenoxy) is 1. The van der Waals surface area contributed by atoms with Gasteiger partial charge in [-0.3, -0.25) is 4.79 Å². The Balaban J connectivity index is 2.95. The Morgan fingerprint density at radius 1 is 1.37 bits per heavy atom. The van der Waals surface area contributed by atoms with Gasteiger partial charge in [0.1, 0.15) is 5.56 Å². The van der Waals surface area contributed by atoms with Crippen LogP contribution in [0.25, 0.3) is 10.9 Å². The van der Waals surface area contributed by atoms with E-state index in [4.69, 9.17) is 0 Å². The first-order valence-electron chi connectivity index (χ1n) is 5.60. The molecule has 19 heavy (non-hydrogen) atoms. The Morgan fingerprint density at radius 2 is 2.05 bits per heavy atom. The lowest BCUT2D eigenvalue weighted by atomic mass is 10.1. The number of carbonyl (C=O) groups is 1. The van der Waals surface area contributed by atoms with Crippen molar-refractivity contribution in [3.05, 3.63) is 45.8 Å². The molecule has 1 aromatic carbocycles. The highest BCUT2D eigenvalue weighted by Gasteiger charge is 2.19. The van der Waals surface area contributed by atoms with Gasteiger partial charge in [-0.1, -0.05) is 0 Å². The van der Waals surface area contributed by atoms with Crippen molar-refractivity contribution in [1.82, 2.24) is 4.57 Å². The fraction of sp³-hybridized carbons (Fsp3) is 0.231. The number of nitrogens with zero attached hydrogens (tertiary/aromatic N) is 1. The fourth-order valence-corrected chi connectivity index (χ4v) is 1.93. The smallest absolute Gasteiger partial charge is 0.343 e. The summed E-state index contributed by atoms with van der Waals surface area (Å²) >= 11 is 0. The van der Waals surface area contributed by atoms with Crippen LogP contribution in [0, 0.1) is 11.6 Å². The van der Waals surface area contributed by atoms with E-state index in [-0.39, 0.29) is 23.0 Å². The second-order valence-corrected chi connectivity index (χ2v) is 3.91. The highest BCUT2D eigenvalue weighted by molar-refractivity contribution is 5.93. The summed E-state index contributed by atoms with van der Waals surface area (Å²) in [4.78, 5) is 23.6. The molecule has 0 fully saturated rings. The lowest BCUT2D eigenvalue weighted by Crippen LogP contribution is -2.20. The Bertz CT molecular complexity index is 722. The van der Waals surface area contributed by atoms with Crippen LogP contribution in [-0.2, 0) is 11.3 Å². The third kappa shape index (κ3) is 1.99. The highest BCUT2D eigenvalue weighted by atomic mass is 19.2. The molecule has 0 aliphatic rings. The van der Waals surface area contributed by atoms with Crippen molar-refractivity contribution in [3.8, 4) is 0 Å². The van der Waals surface area contributed by atoms with Gasteiger partial charge in [0.25, 0.3) is 0 Å². The zero-order chi connectivity index (χ0) is 14.2. The topological polar surface area (TPSA) is 48.3 Å². The molecule has 0 N–H and O–H groups in total. The van der Waals surface area contributed by atoms with Gasteiger partial charge in [0.05, 0.1) is 12.6 Å². The highest BCUT2D eigenvalue weighted by Crippen LogP contribution is 2.19. The second-order valence-electron chi connectivity index (χ2n) is 3.91. The predicted molar refractivity (Wildman–Crippen MR) is 65.1 cm³/mol. The van der Waals surface area contributed by atoms with Crippen LogP contribution in [0.15, 0.2) is 23.1 Å². The number of hydrogen-bond donors (Lipinski definition) is 0. The number of carbonyl (C=O) groups excluding carboxylic acids is 1. The molecule has 0 saturated heterocycles. The minimum Gasteiger partial charge on any atom is -0.465 e. The van der Waals surface area contributed by atoms with Crippen molar-refractivity contribution in [2.45, 2.75) is 13.5 Å². The van der Waals surface area contributed by atoms with Crippen molar-refractivity contribution in [3.63, 3.8) is 0 Å². The average molecular weight is 267 g/mol. The molecule has 0 saturated carbocycles. The monoisotopic (exact) mass is 267 g/mol. The summed E-state index contributed by atoms with van der Waals surface area (Å²) in [6, 6.07) is 2.02. The van der Waals surface area contributed by atoms with Gasteiger partial charge < -0.3 is 9.30 Å². The third-order valence-electron chi connectivity index (χ3n) is 2.88. The quantitative estimate of drug-likeness (QED) is 0.783. The molecule has 100 valence electrons. The number of aryl methyl sites for hydroxylation is 1. The van der Waals surface area contributed by atoms with Crippen molar-refractivity contribution < 1.29 is 18.3 Å². The maximum atomic E-state index is 13.8. The van der Waals surface area contributed by atoms with Crippen LogP contribution in [0.2, 0.25) is 0 Å². The summed E-state index contributed by atoms with van der Waals surface area (Å²) in [6.45, 7) is 1.97. The molecule has 1 aromatic heterocycles. The van der Waals surface area contributed by atoms with Crippen LogP contribution >= 0.6 is 0 Å². The lowest BCUT2D eigenvalue weighted by molar-refractivity contribution is 0.0598. The number of aromatic nitrogens is 1. The van der Waals surface area contributed by atoms with Gasteiger partial charge in [-0.05, 0) is 19.1 Å². The molecule has 0 unspecified atom stereocenters. The van der Waals surface area contributed by atoms with Crippen LogP contribution in [0.3, 0.4) is 0 Å². The number of fused-ring (bicyclic) bond motifs is 1. The molecule has 0 aliphatic heterocycles. The number of hydrogen-bond acceptors (Lipinski definition) is 3. The molecule has 0 radical (unpaired) electrons. The molecule has 4 nitrogen and oxygen atoms in total. The Kier molecular flexibility index (Phi) is 3.33. The van der Waals surface area contributed by atoms with E-state index in [0.29, 0.717) is 0 Å². The Hall–Kier alpha value is -2.24. The zero-order valence-electron chi connectivity index (χ0n) is 10.4. The largest absolute Gasteiger partial charge is 0.465 e. The molecule has 0 amide bonds. The standard InChI is InChI=1S/C13H11F2NO3/c1-3-16-6-8(13(18)19-2)12(17)7-4-5-9(14)10(15)11(7)16/h4-6H,3H2,1-2H3. The molecule has 0 atom stereocenters. The van der Waals surface area contributed by atoms with Crippen LogP contribution in [0.4, 0.5) is 8.78 Å². The molecule has 0 bridgehead atoms. The van der Waals surface area contributed by atoms with E-state index in [1.807, 2.05) is 0 Å². The van der Waals surface area contributed by atoms with Crippen molar-refractivity contribution in [2.75, 3.05) is 7.11 Å². The number of esters is 1. The van der Waals surface area contributed by atoms with E-state index < -0.39 is 23.0 Å². The molecule has 0 aliphatic carbocycles. The van der Waals surface area contributed by atoms with Crippen LogP contribution in [0.5, 0.6) is 0 Å². The molecule has 6 heteroatoms. The summed E-state index contributed by atoms with van der Waals surface area (Å²) < 4.78 is 32.8. The number of benzene rings is 1. The van der Waals surface area contributed by atoms with Gasteiger partial charge in [-0.15, -0.1) is 0 Å². The first-order chi connectivity index (χ1) is 9.01.